The van der Waals surface area contributed by atoms with Gasteiger partial charge < -0.3 is 16.0 Å². The molecule has 0 radical (unpaired) electrons. The van der Waals surface area contributed by atoms with Crippen LogP contribution in [0.1, 0.15) is 40.5 Å². The summed E-state index contributed by atoms with van der Waals surface area (Å²) < 4.78 is 5.33. The molecule has 4 N–H and O–H groups in total. The number of hydrogen-bond donors (Lipinski definition) is 2. The Morgan fingerprint density at radius 3 is 2.61 bits per heavy atom. The summed E-state index contributed by atoms with van der Waals surface area (Å²) in [6, 6.07) is 13.2. The van der Waals surface area contributed by atoms with E-state index in [2.05, 4.69) is 9.97 Å². The average molecular weight is 481 g/mol. The van der Waals surface area contributed by atoms with E-state index in [0.717, 1.165) is 40.7 Å². The van der Waals surface area contributed by atoms with Gasteiger partial charge in [-0.15, -0.1) is 0 Å². The summed E-state index contributed by atoms with van der Waals surface area (Å²) in [6.45, 7) is 0.608. The SMILES string of the molecule is Cn1cc(-c2ccc(C3CCCn4c3c(C(N)=O)c(=O)n4-c3ccccc3)nc2)c2c(N)ncnc21. The number of rotatable bonds is 4. The molecule has 1 amide bonds. The summed E-state index contributed by atoms with van der Waals surface area (Å²) in [5, 5.41) is 0.775. The average Bonchev–Trinajstić information content (AvgIpc) is 3.39. The lowest BCUT2D eigenvalue weighted by atomic mass is 9.89. The number of nitrogen functional groups attached to an aromatic ring is 1. The van der Waals surface area contributed by atoms with Gasteiger partial charge in [0, 0.05) is 48.7 Å². The smallest absolute Gasteiger partial charge is 0.284 e. The van der Waals surface area contributed by atoms with Gasteiger partial charge in [0.1, 0.15) is 23.4 Å². The second-order valence-corrected chi connectivity index (χ2v) is 8.98. The Morgan fingerprint density at radius 1 is 1.08 bits per heavy atom. The van der Waals surface area contributed by atoms with Crippen LogP contribution in [0.3, 0.4) is 0 Å². The zero-order valence-corrected chi connectivity index (χ0v) is 19.6. The molecule has 5 aromatic rings. The van der Waals surface area contributed by atoms with Crippen LogP contribution in [0.15, 0.2) is 66.0 Å². The summed E-state index contributed by atoms with van der Waals surface area (Å²) in [5.41, 5.74) is 16.1. The van der Waals surface area contributed by atoms with Gasteiger partial charge in [0.2, 0.25) is 0 Å². The number of fused-ring (bicyclic) bond motifs is 2. The van der Waals surface area contributed by atoms with Crippen LogP contribution >= 0.6 is 0 Å². The molecule has 0 aliphatic carbocycles. The maximum atomic E-state index is 13.4. The first-order valence-corrected chi connectivity index (χ1v) is 11.7. The van der Waals surface area contributed by atoms with Crippen LogP contribution in [0, 0.1) is 0 Å². The number of aryl methyl sites for hydroxylation is 1. The van der Waals surface area contributed by atoms with Crippen LogP contribution in [0.25, 0.3) is 27.8 Å². The van der Waals surface area contributed by atoms with Gasteiger partial charge in [-0.25, -0.2) is 14.6 Å². The van der Waals surface area contributed by atoms with Crippen LogP contribution in [0.2, 0.25) is 0 Å². The monoisotopic (exact) mass is 480 g/mol. The van der Waals surface area contributed by atoms with Crippen molar-refractivity contribution in [2.75, 3.05) is 5.73 Å². The number of nitrogens with two attached hydrogens (primary N) is 2. The molecular weight excluding hydrogens is 456 g/mol. The second-order valence-electron chi connectivity index (χ2n) is 8.98. The first kappa shape index (κ1) is 21.8. The van der Waals surface area contributed by atoms with Crippen molar-refractivity contribution in [1.29, 1.82) is 0 Å². The molecule has 1 unspecified atom stereocenters. The number of hydrogen-bond acceptors (Lipinski definition) is 6. The molecule has 1 aromatic carbocycles. The lowest BCUT2D eigenvalue weighted by molar-refractivity contribution is 0.0997. The molecule has 1 atom stereocenters. The molecule has 6 rings (SSSR count). The van der Waals surface area contributed by atoms with E-state index in [4.69, 9.17) is 16.5 Å². The van der Waals surface area contributed by atoms with Crippen molar-refractivity contribution in [3.05, 3.63) is 88.5 Å². The molecule has 1 aliphatic rings. The number of anilines is 1. The van der Waals surface area contributed by atoms with Crippen molar-refractivity contribution in [2.24, 2.45) is 12.8 Å². The summed E-state index contributed by atoms with van der Waals surface area (Å²) in [6.07, 6.45) is 6.77. The van der Waals surface area contributed by atoms with E-state index in [-0.39, 0.29) is 11.5 Å². The molecule has 0 saturated carbocycles. The first-order chi connectivity index (χ1) is 17.5. The zero-order chi connectivity index (χ0) is 25.0. The van der Waals surface area contributed by atoms with Crippen molar-refractivity contribution in [1.82, 2.24) is 28.9 Å². The highest BCUT2D eigenvalue weighted by Gasteiger charge is 2.34. The van der Waals surface area contributed by atoms with Gasteiger partial charge in [0.15, 0.2) is 0 Å². The molecule has 10 nitrogen and oxygen atoms in total. The minimum atomic E-state index is -0.729. The molecule has 10 heteroatoms. The molecule has 4 aromatic heterocycles. The third-order valence-corrected chi connectivity index (χ3v) is 6.86. The highest BCUT2D eigenvalue weighted by Crippen LogP contribution is 2.36. The third kappa shape index (κ3) is 3.22. The number of aromatic nitrogens is 6. The molecule has 0 bridgehead atoms. The fourth-order valence-corrected chi connectivity index (χ4v) is 5.29. The largest absolute Gasteiger partial charge is 0.383 e. The van der Waals surface area contributed by atoms with E-state index in [1.54, 1.807) is 10.9 Å². The second kappa shape index (κ2) is 8.19. The quantitative estimate of drug-likeness (QED) is 0.405. The molecule has 180 valence electrons. The number of carbonyl (C=O) groups excluding carboxylic acids is 1. The van der Waals surface area contributed by atoms with Gasteiger partial charge in [-0.1, -0.05) is 24.3 Å². The predicted octanol–water partition coefficient (Wildman–Crippen LogP) is 2.59. The highest BCUT2D eigenvalue weighted by molar-refractivity contribution is 6.00. The Kier molecular flexibility index (Phi) is 4.96. The van der Waals surface area contributed by atoms with E-state index in [1.807, 2.05) is 65.0 Å². The summed E-state index contributed by atoms with van der Waals surface area (Å²) in [4.78, 5) is 39.1. The van der Waals surface area contributed by atoms with E-state index in [0.29, 0.717) is 23.7 Å². The minimum Gasteiger partial charge on any atom is -0.383 e. The van der Waals surface area contributed by atoms with Crippen LogP contribution in [0.5, 0.6) is 0 Å². The Labute approximate surface area is 205 Å². The van der Waals surface area contributed by atoms with Crippen molar-refractivity contribution in [2.45, 2.75) is 25.3 Å². The predicted molar refractivity (Wildman–Crippen MR) is 136 cm³/mol. The van der Waals surface area contributed by atoms with Gasteiger partial charge in [-0.2, -0.15) is 0 Å². The van der Waals surface area contributed by atoms with E-state index in [1.165, 1.54) is 6.33 Å². The molecule has 0 saturated heterocycles. The van der Waals surface area contributed by atoms with E-state index >= 15 is 0 Å². The summed E-state index contributed by atoms with van der Waals surface area (Å²) in [7, 11) is 1.91. The minimum absolute atomic E-state index is 0.0217. The third-order valence-electron chi connectivity index (χ3n) is 6.86. The lowest BCUT2D eigenvalue weighted by Crippen LogP contribution is -2.26. The molecule has 0 fully saturated rings. The van der Waals surface area contributed by atoms with Crippen LogP contribution < -0.4 is 17.0 Å². The fourth-order valence-electron chi connectivity index (χ4n) is 5.29. The van der Waals surface area contributed by atoms with Crippen LogP contribution in [0.4, 0.5) is 5.82 Å². The van der Waals surface area contributed by atoms with Gasteiger partial charge in [-0.05, 0) is 31.0 Å². The summed E-state index contributed by atoms with van der Waals surface area (Å²) >= 11 is 0. The van der Waals surface area contributed by atoms with Crippen molar-refractivity contribution in [3.8, 4) is 16.8 Å². The molecule has 5 heterocycles. The van der Waals surface area contributed by atoms with E-state index in [9.17, 15) is 9.59 Å². The molecule has 36 heavy (non-hydrogen) atoms. The number of amides is 1. The fraction of sp³-hybridized carbons (Fsp3) is 0.192. The molecule has 0 spiro atoms. The number of primary amides is 1. The lowest BCUT2D eigenvalue weighted by Gasteiger charge is -2.26. The topological polar surface area (TPSA) is 140 Å². The van der Waals surface area contributed by atoms with Crippen LogP contribution in [-0.2, 0) is 13.6 Å². The molecular formula is C26H24N8O2. The maximum absolute atomic E-state index is 13.4. The van der Waals surface area contributed by atoms with Gasteiger partial charge >= 0.3 is 0 Å². The number of nitrogens with zero attached hydrogens (tertiary/aromatic N) is 6. The number of carbonyl (C=O) groups is 1. The van der Waals surface area contributed by atoms with E-state index < -0.39 is 11.5 Å². The number of pyridine rings is 1. The van der Waals surface area contributed by atoms with Gasteiger partial charge in [-0.3, -0.25) is 19.3 Å². The Hall–Kier alpha value is -4.73. The van der Waals surface area contributed by atoms with Gasteiger partial charge in [0.05, 0.1) is 16.8 Å². The first-order valence-electron chi connectivity index (χ1n) is 11.7. The number of benzene rings is 1. The Morgan fingerprint density at radius 2 is 1.89 bits per heavy atom. The Balaban J connectivity index is 1.47. The normalized spacial score (nSPS) is 15.2. The van der Waals surface area contributed by atoms with Crippen molar-refractivity contribution < 1.29 is 4.79 Å². The number of para-hydroxylation sites is 1. The van der Waals surface area contributed by atoms with Crippen molar-refractivity contribution >= 4 is 22.8 Å². The highest BCUT2D eigenvalue weighted by atomic mass is 16.2. The Bertz CT molecular complexity index is 1680. The molecule has 1 aliphatic heterocycles. The van der Waals surface area contributed by atoms with Gasteiger partial charge in [0.25, 0.3) is 11.5 Å². The maximum Gasteiger partial charge on any atom is 0.284 e. The van der Waals surface area contributed by atoms with Crippen LogP contribution in [-0.4, -0.2) is 34.8 Å². The standard InChI is InChI=1S/C26H24N8O2/c1-32-13-18(20-23(27)30-14-31-25(20)32)15-9-10-19(29-12-15)17-8-5-11-33-22(17)21(24(28)35)26(36)34(33)16-6-3-2-4-7-16/h2-4,6-7,9-10,12-14,17H,5,8,11H2,1H3,(H2,28,35)(H2,27,30,31). The zero-order valence-electron chi connectivity index (χ0n) is 19.6. The summed E-state index contributed by atoms with van der Waals surface area (Å²) in [5.74, 6) is -0.564. The van der Waals surface area contributed by atoms with Crippen molar-refractivity contribution in [3.63, 3.8) is 0 Å².